The zero-order chi connectivity index (χ0) is 12.4. The van der Waals surface area contributed by atoms with Gasteiger partial charge < -0.3 is 5.32 Å². The molecule has 0 bridgehead atoms. The lowest BCUT2D eigenvalue weighted by Crippen LogP contribution is -2.33. The van der Waals surface area contributed by atoms with E-state index in [1.165, 1.54) is 0 Å². The first-order valence-corrected chi connectivity index (χ1v) is 7.81. The third-order valence-corrected chi connectivity index (χ3v) is 5.08. The predicted octanol–water partition coefficient (Wildman–Crippen LogP) is 4.26. The minimum atomic E-state index is -0.0779. The van der Waals surface area contributed by atoms with Gasteiger partial charge in [0.25, 0.3) is 0 Å². The molecule has 2 rings (SSSR count). The van der Waals surface area contributed by atoms with Crippen LogP contribution in [-0.4, -0.2) is 11.8 Å². The van der Waals surface area contributed by atoms with E-state index in [2.05, 4.69) is 35.1 Å². The maximum absolute atomic E-state index is 13.8. The predicted molar refractivity (Wildman–Crippen MR) is 75.9 cm³/mol. The van der Waals surface area contributed by atoms with Crippen molar-refractivity contribution in [2.75, 3.05) is 6.54 Å². The van der Waals surface area contributed by atoms with Gasteiger partial charge >= 0.3 is 0 Å². The fraction of sp³-hybridized carbons (Fsp3) is 0.538. The van der Waals surface area contributed by atoms with Crippen LogP contribution in [0, 0.1) is 5.82 Å². The molecule has 2 unspecified atom stereocenters. The second kappa shape index (κ2) is 5.72. The maximum Gasteiger partial charge on any atom is 0.127 e. The molecular formula is C13H17BrFNS. The second-order valence-corrected chi connectivity index (χ2v) is 6.59. The molecule has 1 aromatic carbocycles. The van der Waals surface area contributed by atoms with Crippen molar-refractivity contribution in [3.05, 3.63) is 33.5 Å². The number of hydrogen-bond acceptors (Lipinski definition) is 2. The first kappa shape index (κ1) is 13.4. The molecule has 0 spiro atoms. The highest BCUT2D eigenvalue weighted by Crippen LogP contribution is 2.41. The Bertz CT molecular complexity index is 411. The number of thioether (sulfide) groups is 1. The Morgan fingerprint density at radius 1 is 1.53 bits per heavy atom. The summed E-state index contributed by atoms with van der Waals surface area (Å²) >= 11 is 5.38. The van der Waals surface area contributed by atoms with Crippen molar-refractivity contribution in [2.45, 2.75) is 37.3 Å². The molecule has 4 heteroatoms. The molecule has 1 aromatic rings. The molecule has 94 valence electrons. The molecule has 1 nitrogen and oxygen atoms in total. The highest BCUT2D eigenvalue weighted by molar-refractivity contribution is 9.10. The molecule has 0 aromatic heterocycles. The van der Waals surface area contributed by atoms with Gasteiger partial charge in [0.1, 0.15) is 5.82 Å². The molecule has 1 aliphatic rings. The first-order chi connectivity index (χ1) is 8.15. The molecule has 0 radical (unpaired) electrons. The quantitative estimate of drug-likeness (QED) is 0.893. The van der Waals surface area contributed by atoms with Crippen LogP contribution in [0.5, 0.6) is 0 Å². The van der Waals surface area contributed by atoms with Crippen LogP contribution in [-0.2, 0) is 5.75 Å². The average Bonchev–Trinajstić information content (AvgIpc) is 2.32. The topological polar surface area (TPSA) is 12.0 Å². The summed E-state index contributed by atoms with van der Waals surface area (Å²) in [6.45, 7) is 5.32. The Labute approximate surface area is 115 Å². The Morgan fingerprint density at radius 2 is 2.29 bits per heavy atom. The fourth-order valence-corrected chi connectivity index (χ4v) is 3.97. The first-order valence-electron chi connectivity index (χ1n) is 5.97. The summed E-state index contributed by atoms with van der Waals surface area (Å²) in [6.07, 6.45) is 1.09. The summed E-state index contributed by atoms with van der Waals surface area (Å²) in [4.78, 5) is 0. The van der Waals surface area contributed by atoms with Crippen LogP contribution in [0.15, 0.2) is 16.6 Å². The molecule has 0 saturated carbocycles. The zero-order valence-corrected chi connectivity index (χ0v) is 12.5. The van der Waals surface area contributed by atoms with Gasteiger partial charge in [0.2, 0.25) is 0 Å². The Balaban J connectivity index is 2.39. The molecular weight excluding hydrogens is 301 g/mol. The summed E-state index contributed by atoms with van der Waals surface area (Å²) in [7, 11) is 0. The van der Waals surface area contributed by atoms with Crippen LogP contribution in [0.2, 0.25) is 0 Å². The maximum atomic E-state index is 13.8. The molecule has 1 aliphatic heterocycles. The molecule has 0 aliphatic carbocycles. The SMILES string of the molecule is CCCNC1c2c(Br)ccc(F)c2CSC1C. The Morgan fingerprint density at radius 3 is 3.00 bits per heavy atom. The van der Waals surface area contributed by atoms with Crippen LogP contribution in [0.3, 0.4) is 0 Å². The van der Waals surface area contributed by atoms with Crippen LogP contribution in [0.25, 0.3) is 0 Å². The molecule has 0 amide bonds. The van der Waals surface area contributed by atoms with Gasteiger partial charge in [-0.2, -0.15) is 11.8 Å². The summed E-state index contributed by atoms with van der Waals surface area (Å²) < 4.78 is 14.8. The minimum Gasteiger partial charge on any atom is -0.309 e. The van der Waals surface area contributed by atoms with Gasteiger partial charge in [-0.3, -0.25) is 0 Å². The summed E-state index contributed by atoms with van der Waals surface area (Å²) in [5, 5.41) is 4.01. The zero-order valence-electron chi connectivity index (χ0n) is 10.1. The lowest BCUT2D eigenvalue weighted by atomic mass is 9.97. The summed E-state index contributed by atoms with van der Waals surface area (Å²) in [5.41, 5.74) is 1.97. The van der Waals surface area contributed by atoms with Gasteiger partial charge in [-0.1, -0.05) is 29.8 Å². The van der Waals surface area contributed by atoms with Crippen LogP contribution in [0.1, 0.15) is 37.4 Å². The third-order valence-electron chi connectivity index (χ3n) is 3.13. The van der Waals surface area contributed by atoms with E-state index >= 15 is 0 Å². The Kier molecular flexibility index (Phi) is 4.50. The van der Waals surface area contributed by atoms with E-state index in [0.29, 0.717) is 5.25 Å². The highest BCUT2D eigenvalue weighted by atomic mass is 79.9. The fourth-order valence-electron chi connectivity index (χ4n) is 2.21. The van der Waals surface area contributed by atoms with Gasteiger partial charge in [-0.25, -0.2) is 4.39 Å². The van der Waals surface area contributed by atoms with E-state index < -0.39 is 0 Å². The van der Waals surface area contributed by atoms with Crippen molar-refractivity contribution in [1.29, 1.82) is 0 Å². The molecule has 0 fully saturated rings. The molecule has 1 N–H and O–H groups in total. The third kappa shape index (κ3) is 2.69. The monoisotopic (exact) mass is 317 g/mol. The van der Waals surface area contributed by atoms with Crippen LogP contribution >= 0.6 is 27.7 Å². The summed E-state index contributed by atoms with van der Waals surface area (Å²) in [6, 6.07) is 3.61. The number of rotatable bonds is 3. The number of nitrogens with one attached hydrogen (secondary N) is 1. The van der Waals surface area contributed by atoms with Gasteiger partial charge in [0.05, 0.1) is 0 Å². The lowest BCUT2D eigenvalue weighted by molar-refractivity contribution is 0.510. The van der Waals surface area contributed by atoms with Crippen molar-refractivity contribution in [3.8, 4) is 0 Å². The van der Waals surface area contributed by atoms with Crippen LogP contribution in [0.4, 0.5) is 4.39 Å². The van der Waals surface area contributed by atoms with Gasteiger partial charge in [-0.15, -0.1) is 0 Å². The number of benzene rings is 1. The van der Waals surface area contributed by atoms with Crippen molar-refractivity contribution in [2.24, 2.45) is 0 Å². The van der Waals surface area contributed by atoms with Gasteiger partial charge in [0.15, 0.2) is 0 Å². The minimum absolute atomic E-state index is 0.0779. The summed E-state index contributed by atoms with van der Waals surface area (Å²) in [5.74, 6) is 0.692. The van der Waals surface area contributed by atoms with Crippen molar-refractivity contribution in [1.82, 2.24) is 5.32 Å². The lowest BCUT2D eigenvalue weighted by Gasteiger charge is -2.33. The molecule has 1 heterocycles. The van der Waals surface area contributed by atoms with Crippen molar-refractivity contribution < 1.29 is 4.39 Å². The van der Waals surface area contributed by atoms with E-state index in [1.54, 1.807) is 6.07 Å². The van der Waals surface area contributed by atoms with E-state index in [4.69, 9.17) is 0 Å². The highest BCUT2D eigenvalue weighted by Gasteiger charge is 2.30. The average molecular weight is 318 g/mol. The normalized spacial score (nSPS) is 23.5. The second-order valence-electron chi connectivity index (χ2n) is 4.37. The Hall–Kier alpha value is -0.0600. The molecule has 2 atom stereocenters. The number of fused-ring (bicyclic) bond motifs is 1. The van der Waals surface area contributed by atoms with E-state index in [0.717, 1.165) is 34.3 Å². The standard InChI is InChI=1S/C13H17BrFNS/c1-3-6-16-13-8(2)17-7-9-11(15)5-4-10(14)12(9)13/h4-5,8,13,16H,3,6-7H2,1-2H3. The molecule has 0 saturated heterocycles. The number of hydrogen-bond donors (Lipinski definition) is 1. The number of halogens is 2. The largest absolute Gasteiger partial charge is 0.309 e. The van der Waals surface area contributed by atoms with E-state index in [1.807, 2.05) is 17.8 Å². The van der Waals surface area contributed by atoms with Crippen LogP contribution < -0.4 is 5.32 Å². The van der Waals surface area contributed by atoms with E-state index in [9.17, 15) is 4.39 Å². The smallest absolute Gasteiger partial charge is 0.127 e. The van der Waals surface area contributed by atoms with Crippen molar-refractivity contribution in [3.63, 3.8) is 0 Å². The molecule has 17 heavy (non-hydrogen) atoms. The van der Waals surface area contributed by atoms with Gasteiger partial charge in [-0.05, 0) is 30.7 Å². The van der Waals surface area contributed by atoms with Crippen molar-refractivity contribution >= 4 is 27.7 Å². The van der Waals surface area contributed by atoms with Gasteiger partial charge in [0, 0.05) is 27.1 Å². The van der Waals surface area contributed by atoms with E-state index in [-0.39, 0.29) is 11.9 Å².